The summed E-state index contributed by atoms with van der Waals surface area (Å²) < 4.78 is 7.75. The van der Waals surface area contributed by atoms with E-state index in [2.05, 4.69) is 4.98 Å². The Balaban J connectivity index is 1.89. The normalized spacial score (nSPS) is 15.6. The first-order chi connectivity index (χ1) is 14.4. The van der Waals surface area contributed by atoms with Gasteiger partial charge in [-0.15, -0.1) is 0 Å². The van der Waals surface area contributed by atoms with Gasteiger partial charge >= 0.3 is 0 Å². The number of benzene rings is 1. The van der Waals surface area contributed by atoms with E-state index in [0.717, 1.165) is 11.8 Å². The molecule has 30 heavy (non-hydrogen) atoms. The molecule has 1 amide bonds. The summed E-state index contributed by atoms with van der Waals surface area (Å²) in [4.78, 5) is 32.4. The number of para-hydroxylation sites is 1. The fourth-order valence-corrected chi connectivity index (χ4v) is 4.65. The van der Waals surface area contributed by atoms with Crippen LogP contribution >= 0.6 is 35.6 Å². The van der Waals surface area contributed by atoms with Crippen LogP contribution in [0.5, 0.6) is 11.6 Å². The Bertz CT molecular complexity index is 1270. The zero-order chi connectivity index (χ0) is 21.4. The van der Waals surface area contributed by atoms with Gasteiger partial charge in [-0.05, 0) is 44.2 Å². The van der Waals surface area contributed by atoms with Gasteiger partial charge < -0.3 is 4.74 Å². The van der Waals surface area contributed by atoms with Crippen molar-refractivity contribution in [1.29, 1.82) is 0 Å². The summed E-state index contributed by atoms with van der Waals surface area (Å²) in [5.41, 5.74) is 0.191. The van der Waals surface area contributed by atoms with Crippen LogP contribution in [0.2, 0.25) is 5.02 Å². The number of nitrogens with zero attached hydrogens (tertiary/aromatic N) is 3. The lowest BCUT2D eigenvalue weighted by Crippen LogP contribution is -2.34. The van der Waals surface area contributed by atoms with E-state index < -0.39 is 0 Å². The number of thiocarbonyl (C=S) groups is 1. The van der Waals surface area contributed by atoms with Crippen molar-refractivity contribution < 1.29 is 9.53 Å². The summed E-state index contributed by atoms with van der Waals surface area (Å²) in [5, 5.41) is 0.379. The lowest BCUT2D eigenvalue weighted by atomic mass is 10.2. The Morgan fingerprint density at radius 1 is 1.17 bits per heavy atom. The first-order valence-electron chi connectivity index (χ1n) is 9.07. The SMILES string of the molecule is CC(C)N1C(=O)/C(=C\c2c(Oc3ccccc3Cl)nc3ccccn3c2=O)SC1=S. The molecule has 1 aliphatic rings. The van der Waals surface area contributed by atoms with Crippen LogP contribution in [0.15, 0.2) is 58.4 Å². The molecular formula is C21H16ClN3O3S2. The summed E-state index contributed by atoms with van der Waals surface area (Å²) in [7, 11) is 0. The van der Waals surface area contributed by atoms with E-state index in [9.17, 15) is 9.59 Å². The fourth-order valence-electron chi connectivity index (χ4n) is 2.97. The van der Waals surface area contributed by atoms with E-state index in [0.29, 0.717) is 25.6 Å². The number of thioether (sulfide) groups is 1. The summed E-state index contributed by atoms with van der Waals surface area (Å²) in [6.45, 7) is 3.76. The van der Waals surface area contributed by atoms with Crippen LogP contribution in [0.25, 0.3) is 11.7 Å². The summed E-state index contributed by atoms with van der Waals surface area (Å²) >= 11 is 12.7. The summed E-state index contributed by atoms with van der Waals surface area (Å²) in [6.07, 6.45) is 3.10. The van der Waals surface area contributed by atoms with E-state index in [1.165, 1.54) is 15.4 Å². The number of rotatable bonds is 4. The number of halogens is 1. The van der Waals surface area contributed by atoms with Gasteiger partial charge in [-0.25, -0.2) is 0 Å². The van der Waals surface area contributed by atoms with Gasteiger partial charge in [0.25, 0.3) is 11.5 Å². The van der Waals surface area contributed by atoms with Gasteiger partial charge in [0.15, 0.2) is 0 Å². The molecule has 1 aliphatic heterocycles. The first kappa shape index (κ1) is 20.6. The molecule has 2 aromatic heterocycles. The lowest BCUT2D eigenvalue weighted by molar-refractivity contribution is -0.123. The van der Waals surface area contributed by atoms with Crippen molar-refractivity contribution in [3.63, 3.8) is 0 Å². The Hall–Kier alpha value is -2.68. The molecule has 9 heteroatoms. The highest BCUT2D eigenvalue weighted by Crippen LogP contribution is 2.35. The number of carbonyl (C=O) groups is 1. The van der Waals surface area contributed by atoms with Crippen LogP contribution in [0.4, 0.5) is 0 Å². The van der Waals surface area contributed by atoms with E-state index in [1.54, 1.807) is 48.7 Å². The molecule has 4 rings (SSSR count). The van der Waals surface area contributed by atoms with Crippen LogP contribution in [0, 0.1) is 0 Å². The molecule has 1 fully saturated rings. The van der Waals surface area contributed by atoms with Gasteiger partial charge in [0.1, 0.15) is 21.3 Å². The van der Waals surface area contributed by atoms with Crippen LogP contribution in [0.3, 0.4) is 0 Å². The monoisotopic (exact) mass is 457 g/mol. The van der Waals surface area contributed by atoms with Crippen LogP contribution in [-0.2, 0) is 4.79 Å². The molecular weight excluding hydrogens is 442 g/mol. The van der Waals surface area contributed by atoms with Crippen molar-refractivity contribution in [1.82, 2.24) is 14.3 Å². The van der Waals surface area contributed by atoms with E-state index in [1.807, 2.05) is 13.8 Å². The van der Waals surface area contributed by atoms with Gasteiger partial charge in [0.05, 0.1) is 9.93 Å². The fraction of sp³-hybridized carbons (Fsp3) is 0.143. The summed E-state index contributed by atoms with van der Waals surface area (Å²) in [5.74, 6) is 0.172. The second-order valence-corrected chi connectivity index (χ2v) is 8.83. The van der Waals surface area contributed by atoms with E-state index in [4.69, 9.17) is 28.6 Å². The third-order valence-corrected chi connectivity index (χ3v) is 6.04. The Morgan fingerprint density at radius 3 is 2.60 bits per heavy atom. The summed E-state index contributed by atoms with van der Waals surface area (Å²) in [6, 6.07) is 12.0. The molecule has 0 saturated carbocycles. The predicted molar refractivity (Wildman–Crippen MR) is 123 cm³/mol. The maximum Gasteiger partial charge on any atom is 0.269 e. The minimum atomic E-state index is -0.363. The predicted octanol–water partition coefficient (Wildman–Crippen LogP) is 4.75. The molecule has 3 aromatic rings. The molecule has 6 nitrogen and oxygen atoms in total. The highest BCUT2D eigenvalue weighted by Gasteiger charge is 2.34. The molecule has 152 valence electrons. The second kappa shape index (κ2) is 8.22. The van der Waals surface area contributed by atoms with Crippen LogP contribution < -0.4 is 10.3 Å². The molecule has 0 N–H and O–H groups in total. The average Bonchev–Trinajstić information content (AvgIpc) is 2.99. The third-order valence-electron chi connectivity index (χ3n) is 4.39. The number of hydrogen-bond donors (Lipinski definition) is 0. The molecule has 1 aromatic carbocycles. The molecule has 0 unspecified atom stereocenters. The largest absolute Gasteiger partial charge is 0.437 e. The Labute approximate surface area is 187 Å². The van der Waals surface area contributed by atoms with Gasteiger partial charge in [0.2, 0.25) is 5.88 Å². The molecule has 0 spiro atoms. The first-order valence-corrected chi connectivity index (χ1v) is 10.7. The van der Waals surface area contributed by atoms with Gasteiger partial charge in [-0.2, -0.15) is 4.98 Å². The molecule has 0 bridgehead atoms. The lowest BCUT2D eigenvalue weighted by Gasteiger charge is -2.18. The van der Waals surface area contributed by atoms with E-state index in [-0.39, 0.29) is 29.0 Å². The maximum atomic E-state index is 13.2. The van der Waals surface area contributed by atoms with Crippen molar-refractivity contribution in [2.24, 2.45) is 0 Å². The smallest absolute Gasteiger partial charge is 0.269 e. The number of amides is 1. The number of aromatic nitrogens is 2. The number of pyridine rings is 1. The Morgan fingerprint density at radius 2 is 1.90 bits per heavy atom. The zero-order valence-electron chi connectivity index (χ0n) is 16.0. The molecule has 0 aliphatic carbocycles. The molecule has 3 heterocycles. The highest BCUT2D eigenvalue weighted by atomic mass is 35.5. The van der Waals surface area contributed by atoms with Crippen molar-refractivity contribution in [3.05, 3.63) is 74.5 Å². The highest BCUT2D eigenvalue weighted by molar-refractivity contribution is 8.26. The number of hydrogen-bond acceptors (Lipinski definition) is 6. The van der Waals surface area contributed by atoms with Crippen molar-refractivity contribution >= 4 is 57.5 Å². The van der Waals surface area contributed by atoms with Crippen LogP contribution in [0.1, 0.15) is 19.4 Å². The number of ether oxygens (including phenoxy) is 1. The molecule has 0 radical (unpaired) electrons. The zero-order valence-corrected chi connectivity index (χ0v) is 18.4. The Kier molecular flexibility index (Phi) is 5.64. The minimum absolute atomic E-state index is 0.0640. The average molecular weight is 458 g/mol. The maximum absolute atomic E-state index is 13.2. The van der Waals surface area contributed by atoms with Crippen molar-refractivity contribution in [2.75, 3.05) is 0 Å². The van der Waals surface area contributed by atoms with Gasteiger partial charge in [-0.1, -0.05) is 53.8 Å². The van der Waals surface area contributed by atoms with Gasteiger partial charge in [0, 0.05) is 12.2 Å². The number of fused-ring (bicyclic) bond motifs is 1. The van der Waals surface area contributed by atoms with Gasteiger partial charge in [-0.3, -0.25) is 18.9 Å². The quantitative estimate of drug-likeness (QED) is 0.416. The number of carbonyl (C=O) groups excluding carboxylic acids is 1. The second-order valence-electron chi connectivity index (χ2n) is 6.74. The molecule has 0 atom stereocenters. The van der Waals surface area contributed by atoms with Crippen molar-refractivity contribution in [2.45, 2.75) is 19.9 Å². The van der Waals surface area contributed by atoms with Crippen molar-refractivity contribution in [3.8, 4) is 11.6 Å². The molecule has 1 saturated heterocycles. The topological polar surface area (TPSA) is 63.9 Å². The standard InChI is InChI=1S/C21H16ClN3O3S2/c1-12(2)25-20(27)16(30-21(25)29)11-13-18(28-15-8-4-3-7-14(15)22)23-17-9-5-6-10-24(17)19(13)26/h3-12H,1-2H3/b16-11+. The minimum Gasteiger partial charge on any atom is -0.437 e. The van der Waals surface area contributed by atoms with E-state index >= 15 is 0 Å². The van der Waals surface area contributed by atoms with Crippen LogP contribution in [-0.4, -0.2) is 30.6 Å². The third kappa shape index (κ3) is 3.74.